The Morgan fingerprint density at radius 1 is 1.27 bits per heavy atom. The lowest BCUT2D eigenvalue weighted by Crippen LogP contribution is -2.32. The van der Waals surface area contributed by atoms with E-state index in [9.17, 15) is 14.4 Å². The molecule has 0 spiro atoms. The van der Waals surface area contributed by atoms with Crippen LogP contribution in [-0.2, 0) is 12.8 Å². The molecule has 1 aliphatic carbocycles. The molecule has 0 unspecified atom stereocenters. The number of nitrogens with one attached hydrogen (secondary N) is 2. The number of thiazole rings is 1. The van der Waals surface area contributed by atoms with E-state index >= 15 is 0 Å². The molecule has 3 aromatic rings. The Bertz CT molecular complexity index is 1210. The number of halogens is 1. The number of anilines is 1. The van der Waals surface area contributed by atoms with Crippen LogP contribution in [0.2, 0.25) is 5.02 Å². The van der Waals surface area contributed by atoms with Gasteiger partial charge in [-0.3, -0.25) is 19.7 Å². The molecule has 1 aromatic carbocycles. The number of benzene rings is 1. The normalized spacial score (nSPS) is 15.0. The fourth-order valence-electron chi connectivity index (χ4n) is 3.66. The van der Waals surface area contributed by atoms with Crippen LogP contribution < -0.4 is 10.9 Å². The minimum atomic E-state index is -0.583. The maximum Gasteiger partial charge on any atom is 0.263 e. The van der Waals surface area contributed by atoms with Gasteiger partial charge in [0.25, 0.3) is 11.5 Å². The molecular weight excluding hydrogens is 422 g/mol. The highest BCUT2D eigenvalue weighted by molar-refractivity contribution is 7.15. The van der Waals surface area contributed by atoms with Crippen LogP contribution in [0.15, 0.2) is 41.3 Å². The van der Waals surface area contributed by atoms with E-state index < -0.39 is 11.5 Å². The second-order valence-corrected chi connectivity index (χ2v) is 9.79. The second-order valence-electron chi connectivity index (χ2n) is 8.24. The van der Waals surface area contributed by atoms with Crippen LogP contribution in [0.3, 0.4) is 0 Å². The van der Waals surface area contributed by atoms with Gasteiger partial charge in [-0.15, -0.1) is 11.3 Å². The fourth-order valence-corrected chi connectivity index (χ4v) is 4.71. The van der Waals surface area contributed by atoms with Crippen molar-refractivity contribution in [2.75, 3.05) is 5.32 Å². The van der Waals surface area contributed by atoms with Crippen LogP contribution >= 0.6 is 22.9 Å². The Kier molecular flexibility index (Phi) is 5.34. The summed E-state index contributed by atoms with van der Waals surface area (Å²) in [7, 11) is 0. The number of aromatic amines is 1. The van der Waals surface area contributed by atoms with Gasteiger partial charge in [0.15, 0.2) is 10.9 Å². The number of pyridine rings is 1. The summed E-state index contributed by atoms with van der Waals surface area (Å²) >= 11 is 7.34. The summed E-state index contributed by atoms with van der Waals surface area (Å²) < 4.78 is 0. The molecule has 2 N–H and O–H groups in total. The molecule has 4 rings (SSSR count). The van der Waals surface area contributed by atoms with Crippen LogP contribution in [0, 0.1) is 5.41 Å². The number of Topliss-reactive ketones (excluding diaryl/α,β-unsaturated/α-hetero) is 1. The number of nitrogens with zero attached hydrogens (tertiary/aromatic N) is 1. The van der Waals surface area contributed by atoms with Gasteiger partial charge in [0.05, 0.1) is 0 Å². The first-order valence-corrected chi connectivity index (χ1v) is 10.7. The lowest BCUT2D eigenvalue weighted by atomic mass is 9.75. The Labute approximate surface area is 182 Å². The van der Waals surface area contributed by atoms with Crippen molar-refractivity contribution in [1.29, 1.82) is 0 Å². The van der Waals surface area contributed by atoms with Crippen molar-refractivity contribution in [3.05, 3.63) is 79.2 Å². The summed E-state index contributed by atoms with van der Waals surface area (Å²) in [4.78, 5) is 45.5. The molecule has 0 radical (unpaired) electrons. The molecular formula is C22H20ClN3O3S. The zero-order valence-corrected chi connectivity index (χ0v) is 18.1. The molecule has 0 atom stereocenters. The lowest BCUT2D eigenvalue weighted by molar-refractivity contribution is 0.0910. The van der Waals surface area contributed by atoms with E-state index in [2.05, 4.69) is 15.3 Å². The van der Waals surface area contributed by atoms with Gasteiger partial charge in [-0.05, 0) is 35.6 Å². The molecule has 0 fully saturated rings. The van der Waals surface area contributed by atoms with Crippen molar-refractivity contribution < 1.29 is 9.59 Å². The number of hydrogen-bond acceptors (Lipinski definition) is 5. The van der Waals surface area contributed by atoms with E-state index in [1.807, 2.05) is 38.1 Å². The molecule has 8 heteroatoms. The van der Waals surface area contributed by atoms with Crippen LogP contribution in [0.4, 0.5) is 5.13 Å². The maximum absolute atomic E-state index is 12.7. The topological polar surface area (TPSA) is 91.9 Å². The van der Waals surface area contributed by atoms with Crippen molar-refractivity contribution >= 4 is 39.8 Å². The van der Waals surface area contributed by atoms with Gasteiger partial charge in [0.2, 0.25) is 0 Å². The van der Waals surface area contributed by atoms with Crippen LogP contribution in [0.1, 0.15) is 57.1 Å². The lowest BCUT2D eigenvalue weighted by Gasteiger charge is -2.29. The van der Waals surface area contributed by atoms with Gasteiger partial charge in [-0.25, -0.2) is 4.98 Å². The van der Waals surface area contributed by atoms with E-state index in [4.69, 9.17) is 11.6 Å². The second kappa shape index (κ2) is 7.81. The molecule has 154 valence electrons. The van der Waals surface area contributed by atoms with E-state index in [0.717, 1.165) is 10.4 Å². The Hall–Kier alpha value is -2.77. The van der Waals surface area contributed by atoms with Gasteiger partial charge < -0.3 is 4.98 Å². The first-order chi connectivity index (χ1) is 14.2. The SMILES string of the molecule is CC1(C)CC(=O)c2cc(C(=O)Nc3ncc(Cc4cccc(Cl)c4)s3)c(=O)[nH]c2C1. The first-order valence-electron chi connectivity index (χ1n) is 9.50. The number of ketones is 1. The summed E-state index contributed by atoms with van der Waals surface area (Å²) in [5.74, 6) is -0.648. The molecule has 30 heavy (non-hydrogen) atoms. The average molecular weight is 442 g/mol. The van der Waals surface area contributed by atoms with Crippen molar-refractivity contribution in [1.82, 2.24) is 9.97 Å². The first kappa shape index (κ1) is 20.5. The fraction of sp³-hybridized carbons (Fsp3) is 0.273. The Balaban J connectivity index is 1.52. The van der Waals surface area contributed by atoms with Gasteiger partial charge in [-0.1, -0.05) is 37.6 Å². The van der Waals surface area contributed by atoms with Crippen LogP contribution in [0.5, 0.6) is 0 Å². The summed E-state index contributed by atoms with van der Waals surface area (Å²) in [6, 6.07) is 8.94. The maximum atomic E-state index is 12.7. The number of carbonyl (C=O) groups excluding carboxylic acids is 2. The third kappa shape index (κ3) is 4.37. The highest BCUT2D eigenvalue weighted by Crippen LogP contribution is 2.33. The number of fused-ring (bicyclic) bond motifs is 1. The molecule has 1 aliphatic rings. The standard InChI is InChI=1S/C22H20ClN3O3S/c1-22(2)9-17-15(18(27)10-22)8-16(19(28)25-17)20(29)26-21-24-11-14(30-21)7-12-4-3-5-13(23)6-12/h3-6,8,11H,7,9-10H2,1-2H3,(H,25,28)(H,24,26,29). The number of H-pyrrole nitrogens is 1. The Morgan fingerprint density at radius 3 is 2.83 bits per heavy atom. The van der Waals surface area contributed by atoms with Crippen molar-refractivity contribution in [2.24, 2.45) is 5.41 Å². The molecule has 0 saturated carbocycles. The smallest absolute Gasteiger partial charge is 0.263 e. The zero-order chi connectivity index (χ0) is 21.5. The van der Waals surface area contributed by atoms with Crippen LogP contribution in [-0.4, -0.2) is 21.7 Å². The third-order valence-electron chi connectivity index (χ3n) is 5.00. The predicted molar refractivity (Wildman–Crippen MR) is 118 cm³/mol. The number of carbonyl (C=O) groups is 2. The minimum absolute atomic E-state index is 0.0652. The highest BCUT2D eigenvalue weighted by atomic mass is 35.5. The summed E-state index contributed by atoms with van der Waals surface area (Å²) in [5.41, 5.74) is 1.24. The third-order valence-corrected chi connectivity index (χ3v) is 6.15. The van der Waals surface area contributed by atoms with Gasteiger partial charge in [-0.2, -0.15) is 0 Å². The minimum Gasteiger partial charge on any atom is -0.325 e. The molecule has 0 saturated heterocycles. The average Bonchev–Trinajstić information content (AvgIpc) is 3.06. The zero-order valence-electron chi connectivity index (χ0n) is 16.5. The summed E-state index contributed by atoms with van der Waals surface area (Å²) in [5, 5.41) is 3.72. The molecule has 6 nitrogen and oxygen atoms in total. The molecule has 0 bridgehead atoms. The number of rotatable bonds is 4. The molecule has 1 amide bonds. The predicted octanol–water partition coefficient (Wildman–Crippen LogP) is 4.48. The largest absolute Gasteiger partial charge is 0.325 e. The van der Waals surface area contributed by atoms with Crippen molar-refractivity contribution in [3.63, 3.8) is 0 Å². The summed E-state index contributed by atoms with van der Waals surface area (Å²) in [6.45, 7) is 3.96. The quantitative estimate of drug-likeness (QED) is 0.624. The Morgan fingerprint density at radius 2 is 2.07 bits per heavy atom. The van der Waals surface area contributed by atoms with Gasteiger partial charge in [0.1, 0.15) is 5.56 Å². The number of aromatic nitrogens is 2. The van der Waals surface area contributed by atoms with E-state index in [1.54, 1.807) is 6.20 Å². The van der Waals surface area contributed by atoms with Crippen LogP contribution in [0.25, 0.3) is 0 Å². The molecule has 2 aromatic heterocycles. The van der Waals surface area contributed by atoms with Crippen molar-refractivity contribution in [3.8, 4) is 0 Å². The monoisotopic (exact) mass is 441 g/mol. The summed E-state index contributed by atoms with van der Waals surface area (Å²) in [6.07, 6.45) is 3.29. The molecule has 2 heterocycles. The van der Waals surface area contributed by atoms with E-state index in [1.165, 1.54) is 17.4 Å². The number of hydrogen-bond donors (Lipinski definition) is 2. The van der Waals surface area contributed by atoms with Gasteiger partial charge in [0, 0.05) is 40.2 Å². The highest BCUT2D eigenvalue weighted by Gasteiger charge is 2.32. The number of amides is 1. The van der Waals surface area contributed by atoms with E-state index in [0.29, 0.717) is 40.7 Å². The van der Waals surface area contributed by atoms with E-state index in [-0.39, 0.29) is 16.8 Å². The molecule has 0 aliphatic heterocycles. The van der Waals surface area contributed by atoms with Crippen molar-refractivity contribution in [2.45, 2.75) is 33.1 Å². The van der Waals surface area contributed by atoms with Gasteiger partial charge >= 0.3 is 0 Å².